The average molecular weight is 184 g/mol. The van der Waals surface area contributed by atoms with E-state index in [-0.39, 0.29) is 18.9 Å². The molecule has 0 aromatic rings. The van der Waals surface area contributed by atoms with Crippen LogP contribution in [0, 0.1) is 18.3 Å². The number of terminal acetylenes is 1. The molecule has 0 saturated carbocycles. The number of esters is 1. The normalized spacial score (nSPS) is 13.1. The molecule has 5 heteroatoms. The van der Waals surface area contributed by atoms with E-state index >= 15 is 0 Å². The van der Waals surface area contributed by atoms with Crippen LogP contribution in [0.25, 0.3) is 0 Å². The summed E-state index contributed by atoms with van der Waals surface area (Å²) in [4.78, 5) is 11.1. The third-order valence-electron chi connectivity index (χ3n) is 1.37. The van der Waals surface area contributed by atoms with Crippen LogP contribution in [0.15, 0.2) is 5.16 Å². The molecule has 0 amide bonds. The monoisotopic (exact) mass is 184 g/mol. The van der Waals surface area contributed by atoms with Crippen LogP contribution >= 0.6 is 0 Å². The van der Waals surface area contributed by atoms with Crippen molar-refractivity contribution in [2.75, 3.05) is 6.61 Å². The summed E-state index contributed by atoms with van der Waals surface area (Å²) >= 11 is 0. The van der Waals surface area contributed by atoms with E-state index in [2.05, 4.69) is 15.8 Å². The van der Waals surface area contributed by atoms with E-state index in [0.717, 1.165) is 0 Å². The van der Waals surface area contributed by atoms with Gasteiger partial charge in [0.25, 0.3) is 0 Å². The van der Waals surface area contributed by atoms with Crippen molar-refractivity contribution < 1.29 is 14.7 Å². The second-order valence-electron chi connectivity index (χ2n) is 2.24. The number of rotatable bonds is 4. The van der Waals surface area contributed by atoms with Crippen LogP contribution in [0.5, 0.6) is 0 Å². The smallest absolute Gasteiger partial charge is 0.317 e. The number of hydrogen-bond donors (Lipinski definition) is 2. The van der Waals surface area contributed by atoms with Gasteiger partial charge in [0.15, 0.2) is 5.84 Å². The Morgan fingerprint density at radius 2 is 2.46 bits per heavy atom. The van der Waals surface area contributed by atoms with Gasteiger partial charge in [-0.25, -0.2) is 0 Å². The van der Waals surface area contributed by atoms with Gasteiger partial charge >= 0.3 is 5.97 Å². The number of amidine groups is 1. The molecule has 0 bridgehead atoms. The molecule has 1 unspecified atom stereocenters. The van der Waals surface area contributed by atoms with Gasteiger partial charge in [0.1, 0.15) is 5.92 Å². The van der Waals surface area contributed by atoms with Gasteiger partial charge in [0.2, 0.25) is 0 Å². The Morgan fingerprint density at radius 1 is 1.85 bits per heavy atom. The molecule has 3 N–H and O–H groups in total. The number of carbonyl (C=O) groups is 1. The molecule has 0 spiro atoms. The van der Waals surface area contributed by atoms with Crippen molar-refractivity contribution in [3.63, 3.8) is 0 Å². The zero-order valence-corrected chi connectivity index (χ0v) is 7.36. The van der Waals surface area contributed by atoms with Gasteiger partial charge in [-0.15, -0.1) is 12.3 Å². The van der Waals surface area contributed by atoms with E-state index in [1.54, 1.807) is 6.92 Å². The highest BCUT2D eigenvalue weighted by molar-refractivity contribution is 6.00. The standard InChI is InChI=1S/C8H12N2O3/c1-3-5-6(7(9)10-12)8(11)13-4-2/h1,6,12H,4-5H2,2H3,(H2,9,10). The van der Waals surface area contributed by atoms with Gasteiger partial charge in [0, 0.05) is 6.42 Å². The molecule has 0 aromatic heterocycles. The minimum absolute atomic E-state index is 0.0642. The number of oxime groups is 1. The number of carbonyl (C=O) groups excluding carboxylic acids is 1. The third kappa shape index (κ3) is 3.47. The maximum absolute atomic E-state index is 11.1. The van der Waals surface area contributed by atoms with Crippen LogP contribution in [0.4, 0.5) is 0 Å². The molecule has 0 rings (SSSR count). The summed E-state index contributed by atoms with van der Waals surface area (Å²) < 4.78 is 4.67. The number of hydrogen-bond acceptors (Lipinski definition) is 4. The summed E-state index contributed by atoms with van der Waals surface area (Å²) in [6.07, 6.45) is 5.07. The quantitative estimate of drug-likeness (QED) is 0.160. The fourth-order valence-corrected chi connectivity index (χ4v) is 0.739. The maximum atomic E-state index is 11.1. The number of nitrogens with two attached hydrogens (primary N) is 1. The summed E-state index contributed by atoms with van der Waals surface area (Å²) in [5.74, 6) is 0.599. The van der Waals surface area contributed by atoms with Crippen LogP contribution in [-0.2, 0) is 9.53 Å². The lowest BCUT2D eigenvalue weighted by atomic mass is 10.1. The summed E-state index contributed by atoms with van der Waals surface area (Å²) in [5.41, 5.74) is 5.24. The Kier molecular flexibility index (Phi) is 5.12. The molecule has 0 aliphatic rings. The molecule has 5 nitrogen and oxygen atoms in total. The zero-order chi connectivity index (χ0) is 10.3. The molecule has 0 saturated heterocycles. The SMILES string of the molecule is C#CCC(C(=O)OCC)C(N)=NO. The molecule has 0 aliphatic heterocycles. The number of ether oxygens (including phenoxy) is 1. The minimum Gasteiger partial charge on any atom is -0.465 e. The summed E-state index contributed by atoms with van der Waals surface area (Å²) in [7, 11) is 0. The molecule has 0 aliphatic carbocycles. The van der Waals surface area contributed by atoms with Gasteiger partial charge < -0.3 is 15.7 Å². The Hall–Kier alpha value is -1.70. The van der Waals surface area contributed by atoms with E-state index in [4.69, 9.17) is 17.4 Å². The molecule has 1 atom stereocenters. The van der Waals surface area contributed by atoms with Gasteiger partial charge in [-0.1, -0.05) is 5.16 Å². The molecule has 0 heterocycles. The van der Waals surface area contributed by atoms with Gasteiger partial charge in [0.05, 0.1) is 6.61 Å². The molecule has 0 radical (unpaired) electrons. The topological polar surface area (TPSA) is 84.9 Å². The van der Waals surface area contributed by atoms with Crippen molar-refractivity contribution in [3.05, 3.63) is 0 Å². The largest absolute Gasteiger partial charge is 0.465 e. The second-order valence-corrected chi connectivity index (χ2v) is 2.24. The van der Waals surface area contributed by atoms with Crippen LogP contribution in [0.1, 0.15) is 13.3 Å². The van der Waals surface area contributed by atoms with Crippen molar-refractivity contribution >= 4 is 11.8 Å². The van der Waals surface area contributed by atoms with E-state index in [9.17, 15) is 4.79 Å². The van der Waals surface area contributed by atoms with Gasteiger partial charge in [-0.05, 0) is 6.92 Å². The lowest BCUT2D eigenvalue weighted by Gasteiger charge is -2.10. The Morgan fingerprint density at radius 3 is 2.85 bits per heavy atom. The van der Waals surface area contributed by atoms with Crippen molar-refractivity contribution in [2.24, 2.45) is 16.8 Å². The highest BCUT2D eigenvalue weighted by Gasteiger charge is 2.23. The van der Waals surface area contributed by atoms with Crippen LogP contribution in [0.2, 0.25) is 0 Å². The fourth-order valence-electron chi connectivity index (χ4n) is 0.739. The molecular weight excluding hydrogens is 172 g/mol. The predicted octanol–water partition coefficient (Wildman–Crippen LogP) is -0.0646. The van der Waals surface area contributed by atoms with Crippen molar-refractivity contribution in [1.29, 1.82) is 0 Å². The van der Waals surface area contributed by atoms with Gasteiger partial charge in [-0.2, -0.15) is 0 Å². The maximum Gasteiger partial charge on any atom is 0.317 e. The summed E-state index contributed by atoms with van der Waals surface area (Å²) in [5, 5.41) is 11.0. The average Bonchev–Trinajstić information content (AvgIpc) is 2.13. The van der Waals surface area contributed by atoms with Crippen LogP contribution < -0.4 is 5.73 Å². The van der Waals surface area contributed by atoms with E-state index in [0.29, 0.717) is 0 Å². The molecule has 0 aromatic carbocycles. The number of nitrogens with zero attached hydrogens (tertiary/aromatic N) is 1. The summed E-state index contributed by atoms with van der Waals surface area (Å²) in [6.45, 7) is 1.90. The lowest BCUT2D eigenvalue weighted by molar-refractivity contribution is -0.145. The predicted molar refractivity (Wildman–Crippen MR) is 47.0 cm³/mol. The highest BCUT2D eigenvalue weighted by Crippen LogP contribution is 2.05. The van der Waals surface area contributed by atoms with Crippen LogP contribution in [-0.4, -0.2) is 23.6 Å². The fraction of sp³-hybridized carbons (Fsp3) is 0.500. The lowest BCUT2D eigenvalue weighted by Crippen LogP contribution is -2.31. The van der Waals surface area contributed by atoms with E-state index in [1.165, 1.54) is 0 Å². The zero-order valence-electron chi connectivity index (χ0n) is 7.36. The molecular formula is C8H12N2O3. The first-order chi connectivity index (χ1) is 6.17. The Labute approximate surface area is 76.6 Å². The second kappa shape index (κ2) is 5.89. The van der Waals surface area contributed by atoms with Crippen molar-refractivity contribution in [2.45, 2.75) is 13.3 Å². The Balaban J connectivity index is 4.43. The molecule has 0 fully saturated rings. The minimum atomic E-state index is -0.852. The van der Waals surface area contributed by atoms with Crippen molar-refractivity contribution in [1.82, 2.24) is 0 Å². The summed E-state index contributed by atoms with van der Waals surface area (Å²) in [6, 6.07) is 0. The van der Waals surface area contributed by atoms with Crippen LogP contribution in [0.3, 0.4) is 0 Å². The van der Waals surface area contributed by atoms with Crippen molar-refractivity contribution in [3.8, 4) is 12.3 Å². The Bertz CT molecular complexity index is 242. The molecule has 13 heavy (non-hydrogen) atoms. The first-order valence-electron chi connectivity index (χ1n) is 3.74. The van der Waals surface area contributed by atoms with Gasteiger partial charge in [-0.3, -0.25) is 4.79 Å². The van der Waals surface area contributed by atoms with E-state index in [1.807, 2.05) is 0 Å². The molecule has 72 valence electrons. The first kappa shape index (κ1) is 11.3. The first-order valence-corrected chi connectivity index (χ1v) is 3.74. The third-order valence-corrected chi connectivity index (χ3v) is 1.37. The van der Waals surface area contributed by atoms with E-state index < -0.39 is 11.9 Å². The highest BCUT2D eigenvalue weighted by atomic mass is 16.5.